The van der Waals surface area contributed by atoms with Gasteiger partial charge in [-0.05, 0) is 49.8 Å². The molecule has 0 spiro atoms. The number of hydrogen-bond donors (Lipinski definition) is 2. The standard InChI is InChI=1S/C14H22N2O.2ClH/c1-17-13-4-2-11(3-5-13)10-14(16)8-6-12(15)7-9-14;;/h2-5,12H,6-10,15-16H2,1H3;2*1H. The van der Waals surface area contributed by atoms with E-state index in [2.05, 4.69) is 12.1 Å². The van der Waals surface area contributed by atoms with Crippen molar-refractivity contribution in [1.29, 1.82) is 0 Å². The number of nitrogens with two attached hydrogens (primary N) is 2. The highest BCUT2D eigenvalue weighted by Crippen LogP contribution is 2.29. The third kappa shape index (κ3) is 5.19. The summed E-state index contributed by atoms with van der Waals surface area (Å²) in [6, 6.07) is 8.53. The molecule has 2 rings (SSSR count). The van der Waals surface area contributed by atoms with Crippen LogP contribution in [0.2, 0.25) is 0 Å². The van der Waals surface area contributed by atoms with Crippen molar-refractivity contribution in [3.63, 3.8) is 0 Å². The molecule has 19 heavy (non-hydrogen) atoms. The van der Waals surface area contributed by atoms with E-state index in [1.54, 1.807) is 7.11 Å². The molecule has 1 fully saturated rings. The van der Waals surface area contributed by atoms with Crippen molar-refractivity contribution in [2.75, 3.05) is 7.11 Å². The number of hydrogen-bond acceptors (Lipinski definition) is 3. The van der Waals surface area contributed by atoms with Crippen LogP contribution in [0.4, 0.5) is 0 Å². The fourth-order valence-corrected chi connectivity index (χ4v) is 2.54. The van der Waals surface area contributed by atoms with Gasteiger partial charge in [-0.15, -0.1) is 24.8 Å². The molecular formula is C14H24Cl2N2O. The van der Waals surface area contributed by atoms with Crippen molar-refractivity contribution in [3.05, 3.63) is 29.8 Å². The van der Waals surface area contributed by atoms with Gasteiger partial charge in [-0.1, -0.05) is 12.1 Å². The zero-order valence-corrected chi connectivity index (χ0v) is 12.9. The summed E-state index contributed by atoms with van der Waals surface area (Å²) < 4.78 is 5.15. The summed E-state index contributed by atoms with van der Waals surface area (Å²) >= 11 is 0. The minimum atomic E-state index is -0.0650. The Hall–Kier alpha value is -0.480. The molecule has 0 unspecified atom stereocenters. The summed E-state index contributed by atoms with van der Waals surface area (Å²) in [5, 5.41) is 0. The van der Waals surface area contributed by atoms with Crippen LogP contribution in [0.3, 0.4) is 0 Å². The molecule has 0 radical (unpaired) electrons. The van der Waals surface area contributed by atoms with Gasteiger partial charge in [0.05, 0.1) is 7.11 Å². The van der Waals surface area contributed by atoms with Gasteiger partial charge in [-0.2, -0.15) is 0 Å². The first-order chi connectivity index (χ1) is 8.11. The first-order valence-corrected chi connectivity index (χ1v) is 6.29. The number of rotatable bonds is 3. The number of halogens is 2. The lowest BCUT2D eigenvalue weighted by Gasteiger charge is -2.36. The monoisotopic (exact) mass is 306 g/mol. The van der Waals surface area contributed by atoms with Crippen LogP contribution in [0.5, 0.6) is 5.75 Å². The summed E-state index contributed by atoms with van der Waals surface area (Å²) in [5.74, 6) is 0.894. The van der Waals surface area contributed by atoms with E-state index in [0.29, 0.717) is 6.04 Å². The molecule has 1 aromatic rings. The van der Waals surface area contributed by atoms with Crippen molar-refractivity contribution in [2.24, 2.45) is 11.5 Å². The van der Waals surface area contributed by atoms with E-state index in [-0.39, 0.29) is 30.4 Å². The molecule has 1 aromatic carbocycles. The van der Waals surface area contributed by atoms with Crippen molar-refractivity contribution in [1.82, 2.24) is 0 Å². The van der Waals surface area contributed by atoms with E-state index in [0.717, 1.165) is 37.9 Å². The Morgan fingerprint density at radius 1 is 1.16 bits per heavy atom. The normalized spacial score (nSPS) is 25.9. The third-order valence-corrected chi connectivity index (χ3v) is 3.74. The third-order valence-electron chi connectivity index (χ3n) is 3.74. The average Bonchev–Trinajstić information content (AvgIpc) is 2.34. The lowest BCUT2D eigenvalue weighted by Crippen LogP contribution is -2.47. The Morgan fingerprint density at radius 3 is 2.16 bits per heavy atom. The van der Waals surface area contributed by atoms with E-state index in [1.807, 2.05) is 12.1 Å². The number of ether oxygens (including phenoxy) is 1. The largest absolute Gasteiger partial charge is 0.497 e. The number of methoxy groups -OCH3 is 1. The molecule has 3 nitrogen and oxygen atoms in total. The van der Waals surface area contributed by atoms with Gasteiger partial charge in [-0.25, -0.2) is 0 Å². The first kappa shape index (κ1) is 18.5. The molecule has 5 heteroatoms. The zero-order chi connectivity index (χ0) is 12.3. The Bertz CT molecular complexity index is 362. The van der Waals surface area contributed by atoms with Gasteiger partial charge in [0.2, 0.25) is 0 Å². The predicted molar refractivity (Wildman–Crippen MR) is 84.6 cm³/mol. The van der Waals surface area contributed by atoms with Crippen molar-refractivity contribution >= 4 is 24.8 Å². The summed E-state index contributed by atoms with van der Waals surface area (Å²) in [6.07, 6.45) is 5.09. The second-order valence-corrected chi connectivity index (χ2v) is 5.22. The Balaban J connectivity index is 0.00000162. The molecule has 1 aliphatic rings. The summed E-state index contributed by atoms with van der Waals surface area (Å²) in [4.78, 5) is 0. The van der Waals surface area contributed by atoms with Crippen LogP contribution >= 0.6 is 24.8 Å². The predicted octanol–water partition coefficient (Wildman–Crippen LogP) is 2.68. The van der Waals surface area contributed by atoms with Crippen LogP contribution < -0.4 is 16.2 Å². The second-order valence-electron chi connectivity index (χ2n) is 5.22. The van der Waals surface area contributed by atoms with Crippen LogP contribution in [0.25, 0.3) is 0 Å². The van der Waals surface area contributed by atoms with Crippen molar-refractivity contribution in [3.8, 4) is 5.75 Å². The molecule has 0 saturated heterocycles. The van der Waals surface area contributed by atoms with Crippen LogP contribution in [0.15, 0.2) is 24.3 Å². The molecule has 0 aliphatic heterocycles. The molecule has 110 valence electrons. The highest BCUT2D eigenvalue weighted by molar-refractivity contribution is 5.85. The molecule has 0 heterocycles. The maximum Gasteiger partial charge on any atom is 0.118 e. The van der Waals surface area contributed by atoms with Gasteiger partial charge in [-0.3, -0.25) is 0 Å². The topological polar surface area (TPSA) is 61.3 Å². The van der Waals surface area contributed by atoms with Crippen LogP contribution in [0, 0.1) is 0 Å². The average molecular weight is 307 g/mol. The summed E-state index contributed by atoms with van der Waals surface area (Å²) in [5.41, 5.74) is 13.6. The molecule has 0 aromatic heterocycles. The van der Waals surface area contributed by atoms with E-state index >= 15 is 0 Å². The molecule has 1 saturated carbocycles. The van der Waals surface area contributed by atoms with Crippen LogP contribution in [-0.4, -0.2) is 18.7 Å². The zero-order valence-electron chi connectivity index (χ0n) is 11.3. The Kier molecular flexibility index (Phi) is 7.75. The molecule has 0 bridgehead atoms. The maximum absolute atomic E-state index is 6.44. The highest BCUT2D eigenvalue weighted by atomic mass is 35.5. The van der Waals surface area contributed by atoms with Crippen LogP contribution in [-0.2, 0) is 6.42 Å². The van der Waals surface area contributed by atoms with Gasteiger partial charge in [0.1, 0.15) is 5.75 Å². The molecule has 4 N–H and O–H groups in total. The van der Waals surface area contributed by atoms with Gasteiger partial charge in [0.25, 0.3) is 0 Å². The summed E-state index contributed by atoms with van der Waals surface area (Å²) in [6.45, 7) is 0. The summed E-state index contributed by atoms with van der Waals surface area (Å²) in [7, 11) is 1.68. The van der Waals surface area contributed by atoms with E-state index in [4.69, 9.17) is 16.2 Å². The lowest BCUT2D eigenvalue weighted by molar-refractivity contribution is 0.271. The van der Waals surface area contributed by atoms with Crippen molar-refractivity contribution < 1.29 is 4.74 Å². The quantitative estimate of drug-likeness (QED) is 0.902. The number of benzene rings is 1. The molecule has 1 aliphatic carbocycles. The van der Waals surface area contributed by atoms with Crippen molar-refractivity contribution in [2.45, 2.75) is 43.7 Å². The van der Waals surface area contributed by atoms with E-state index < -0.39 is 0 Å². The maximum atomic E-state index is 6.44. The Labute approximate surface area is 127 Å². The van der Waals surface area contributed by atoms with Gasteiger partial charge in [0, 0.05) is 11.6 Å². The fraction of sp³-hybridized carbons (Fsp3) is 0.571. The molecule has 0 amide bonds. The highest BCUT2D eigenvalue weighted by Gasteiger charge is 2.30. The Morgan fingerprint density at radius 2 is 1.68 bits per heavy atom. The van der Waals surface area contributed by atoms with E-state index in [9.17, 15) is 0 Å². The van der Waals surface area contributed by atoms with Gasteiger partial charge >= 0.3 is 0 Å². The van der Waals surface area contributed by atoms with Crippen LogP contribution in [0.1, 0.15) is 31.2 Å². The minimum Gasteiger partial charge on any atom is -0.497 e. The van der Waals surface area contributed by atoms with Gasteiger partial charge in [0.15, 0.2) is 0 Å². The minimum absolute atomic E-state index is 0. The first-order valence-electron chi connectivity index (χ1n) is 6.29. The molecular weight excluding hydrogens is 283 g/mol. The molecule has 0 atom stereocenters. The lowest BCUT2D eigenvalue weighted by atomic mass is 9.77. The second kappa shape index (κ2) is 7.95. The smallest absolute Gasteiger partial charge is 0.118 e. The van der Waals surface area contributed by atoms with E-state index in [1.165, 1.54) is 5.56 Å². The SMILES string of the molecule is COc1ccc(CC2(N)CCC(N)CC2)cc1.Cl.Cl. The van der Waals surface area contributed by atoms with Gasteiger partial charge < -0.3 is 16.2 Å². The fourth-order valence-electron chi connectivity index (χ4n) is 2.54.